The van der Waals surface area contributed by atoms with E-state index in [0.717, 1.165) is 0 Å². The van der Waals surface area contributed by atoms with E-state index in [4.69, 9.17) is 4.74 Å². The van der Waals surface area contributed by atoms with Gasteiger partial charge in [0, 0.05) is 6.92 Å². The molecule has 0 saturated carbocycles. The highest BCUT2D eigenvalue weighted by Crippen LogP contribution is 1.94. The minimum atomic E-state index is -0.409. The number of carbonyl (C=O) groups is 1. The molecule has 0 saturated heterocycles. The van der Waals surface area contributed by atoms with Crippen molar-refractivity contribution in [2.24, 2.45) is 0 Å². The molecule has 0 N–H and O–H groups in total. The zero-order valence-electron chi connectivity index (χ0n) is 5.64. The summed E-state index contributed by atoms with van der Waals surface area (Å²) in [5, 5.41) is 0. The number of carbonyl (C=O) groups excluding carboxylic acids is 1. The lowest BCUT2D eigenvalue weighted by Crippen LogP contribution is -2.00. The van der Waals surface area contributed by atoms with Gasteiger partial charge in [0.05, 0.1) is 6.61 Å². The molecule has 9 heavy (non-hydrogen) atoms. The van der Waals surface area contributed by atoms with Crippen molar-refractivity contribution in [2.75, 3.05) is 6.61 Å². The van der Waals surface area contributed by atoms with Gasteiger partial charge in [0.25, 0.3) is 5.95 Å². The normalized spacial score (nSPS) is 8.22. The SMILES string of the molecule is C=C(OCC)OC(C)=O. The van der Waals surface area contributed by atoms with E-state index in [1.165, 1.54) is 6.92 Å². The fourth-order valence-corrected chi connectivity index (χ4v) is 0.351. The third-order valence-corrected chi connectivity index (χ3v) is 0.563. The van der Waals surface area contributed by atoms with Crippen molar-refractivity contribution in [3.05, 3.63) is 12.5 Å². The molecule has 0 unspecified atom stereocenters. The van der Waals surface area contributed by atoms with Gasteiger partial charge in [-0.1, -0.05) is 0 Å². The van der Waals surface area contributed by atoms with Gasteiger partial charge in [-0.15, -0.1) is 0 Å². The molecule has 0 rings (SSSR count). The molecular weight excluding hydrogens is 120 g/mol. The molecule has 0 spiro atoms. The van der Waals surface area contributed by atoms with E-state index in [1.54, 1.807) is 6.92 Å². The lowest BCUT2D eigenvalue weighted by molar-refractivity contribution is -0.142. The fourth-order valence-electron chi connectivity index (χ4n) is 0.351. The first-order chi connectivity index (χ1) is 4.16. The molecule has 0 amide bonds. The highest BCUT2D eigenvalue weighted by Gasteiger charge is 1.95. The summed E-state index contributed by atoms with van der Waals surface area (Å²) >= 11 is 0. The van der Waals surface area contributed by atoms with E-state index in [9.17, 15) is 4.79 Å². The van der Waals surface area contributed by atoms with Crippen LogP contribution < -0.4 is 0 Å². The van der Waals surface area contributed by atoms with Gasteiger partial charge in [0.15, 0.2) is 0 Å². The van der Waals surface area contributed by atoms with Gasteiger partial charge in [0.2, 0.25) is 0 Å². The standard InChI is InChI=1S/C6H10O3/c1-4-8-6(3)9-5(2)7/h3-4H2,1-2H3. The van der Waals surface area contributed by atoms with Gasteiger partial charge < -0.3 is 9.47 Å². The second-order valence-electron chi connectivity index (χ2n) is 1.40. The molecule has 0 fully saturated rings. The van der Waals surface area contributed by atoms with Gasteiger partial charge in [-0.05, 0) is 13.5 Å². The topological polar surface area (TPSA) is 35.5 Å². The summed E-state index contributed by atoms with van der Waals surface area (Å²) in [5.74, 6) is -0.349. The summed E-state index contributed by atoms with van der Waals surface area (Å²) in [6.45, 7) is 6.87. The maximum Gasteiger partial charge on any atom is 0.310 e. The van der Waals surface area contributed by atoms with Crippen molar-refractivity contribution in [2.45, 2.75) is 13.8 Å². The molecule has 3 nitrogen and oxygen atoms in total. The minimum absolute atomic E-state index is 0.0602. The van der Waals surface area contributed by atoms with Crippen LogP contribution in [0.15, 0.2) is 12.5 Å². The molecular formula is C6H10O3. The van der Waals surface area contributed by atoms with Gasteiger partial charge in [-0.25, -0.2) is 0 Å². The number of hydrogen-bond donors (Lipinski definition) is 0. The summed E-state index contributed by atoms with van der Waals surface area (Å²) < 4.78 is 9.15. The first-order valence-electron chi connectivity index (χ1n) is 2.67. The van der Waals surface area contributed by atoms with E-state index in [2.05, 4.69) is 11.3 Å². The lowest BCUT2D eigenvalue weighted by Gasteiger charge is -2.03. The van der Waals surface area contributed by atoms with Crippen molar-refractivity contribution in [1.82, 2.24) is 0 Å². The average molecular weight is 130 g/mol. The molecule has 0 aliphatic carbocycles. The molecule has 0 aliphatic heterocycles. The van der Waals surface area contributed by atoms with Crippen LogP contribution in [0.2, 0.25) is 0 Å². The molecule has 3 heteroatoms. The maximum absolute atomic E-state index is 10.2. The molecule has 0 aromatic carbocycles. The van der Waals surface area contributed by atoms with Crippen LogP contribution in [0.3, 0.4) is 0 Å². The second kappa shape index (κ2) is 3.95. The summed E-state index contributed by atoms with van der Waals surface area (Å²) in [4.78, 5) is 10.2. The molecule has 0 bridgehead atoms. The van der Waals surface area contributed by atoms with Crippen LogP contribution in [0.1, 0.15) is 13.8 Å². The van der Waals surface area contributed by atoms with Crippen molar-refractivity contribution in [3.63, 3.8) is 0 Å². The predicted octanol–water partition coefficient (Wildman–Crippen LogP) is 1.06. The monoisotopic (exact) mass is 130 g/mol. The summed E-state index contributed by atoms with van der Waals surface area (Å²) in [6, 6.07) is 0. The minimum Gasteiger partial charge on any atom is -0.466 e. The Labute approximate surface area is 54.3 Å². The Morgan fingerprint density at radius 1 is 1.67 bits per heavy atom. The maximum atomic E-state index is 10.2. The van der Waals surface area contributed by atoms with Crippen molar-refractivity contribution in [1.29, 1.82) is 0 Å². The van der Waals surface area contributed by atoms with Crippen LogP contribution in [-0.2, 0) is 14.3 Å². The third-order valence-electron chi connectivity index (χ3n) is 0.563. The first-order valence-corrected chi connectivity index (χ1v) is 2.67. The lowest BCUT2D eigenvalue weighted by atomic mass is 10.8. The molecule has 0 aromatic heterocycles. The Kier molecular flexibility index (Phi) is 3.51. The van der Waals surface area contributed by atoms with E-state index < -0.39 is 5.97 Å². The summed E-state index contributed by atoms with van der Waals surface area (Å²) in [6.07, 6.45) is 0. The molecule has 0 aliphatic rings. The van der Waals surface area contributed by atoms with Crippen molar-refractivity contribution >= 4 is 5.97 Å². The Bertz CT molecular complexity index is 117. The van der Waals surface area contributed by atoms with Crippen LogP contribution >= 0.6 is 0 Å². The Morgan fingerprint density at radius 3 is 2.56 bits per heavy atom. The van der Waals surface area contributed by atoms with Crippen molar-refractivity contribution < 1.29 is 14.3 Å². The van der Waals surface area contributed by atoms with E-state index in [0.29, 0.717) is 6.61 Å². The van der Waals surface area contributed by atoms with Gasteiger partial charge >= 0.3 is 5.97 Å². The highest BCUT2D eigenvalue weighted by atomic mass is 16.7. The zero-order chi connectivity index (χ0) is 7.28. The second-order valence-corrected chi connectivity index (χ2v) is 1.40. The number of hydrogen-bond acceptors (Lipinski definition) is 3. The van der Waals surface area contributed by atoms with Gasteiger partial charge in [0.1, 0.15) is 0 Å². The molecule has 0 atom stereocenters. The van der Waals surface area contributed by atoms with E-state index >= 15 is 0 Å². The smallest absolute Gasteiger partial charge is 0.310 e. The van der Waals surface area contributed by atoms with Gasteiger partial charge in [-0.2, -0.15) is 0 Å². The van der Waals surface area contributed by atoms with Crippen LogP contribution in [-0.4, -0.2) is 12.6 Å². The predicted molar refractivity (Wildman–Crippen MR) is 32.5 cm³/mol. The molecule has 52 valence electrons. The fraction of sp³-hybridized carbons (Fsp3) is 0.500. The van der Waals surface area contributed by atoms with Crippen LogP contribution in [0.25, 0.3) is 0 Å². The zero-order valence-corrected chi connectivity index (χ0v) is 5.64. The van der Waals surface area contributed by atoms with Crippen molar-refractivity contribution in [3.8, 4) is 0 Å². The van der Waals surface area contributed by atoms with Crippen LogP contribution in [0.5, 0.6) is 0 Å². The molecule has 0 radical (unpaired) electrons. The number of rotatable bonds is 3. The average Bonchev–Trinajstić information content (AvgIpc) is 1.63. The third kappa shape index (κ3) is 4.87. The summed E-state index contributed by atoms with van der Waals surface area (Å²) in [5.41, 5.74) is 0. The molecule has 0 aromatic rings. The largest absolute Gasteiger partial charge is 0.466 e. The highest BCUT2D eigenvalue weighted by molar-refractivity contribution is 5.66. The Balaban J connectivity index is 3.39. The Hall–Kier alpha value is -0.990. The van der Waals surface area contributed by atoms with Crippen LogP contribution in [0.4, 0.5) is 0 Å². The summed E-state index contributed by atoms with van der Waals surface area (Å²) in [7, 11) is 0. The Morgan fingerprint density at radius 2 is 2.22 bits per heavy atom. The van der Waals surface area contributed by atoms with Crippen LogP contribution in [0, 0.1) is 0 Å². The van der Waals surface area contributed by atoms with Gasteiger partial charge in [-0.3, -0.25) is 4.79 Å². The number of ether oxygens (including phenoxy) is 2. The molecule has 0 heterocycles. The van der Waals surface area contributed by atoms with E-state index in [-0.39, 0.29) is 5.95 Å². The quantitative estimate of drug-likeness (QED) is 0.423. The van der Waals surface area contributed by atoms with E-state index in [1.807, 2.05) is 0 Å². The number of esters is 1. The first kappa shape index (κ1) is 8.01.